The Kier molecular flexibility index (Phi) is 10.6. The van der Waals surface area contributed by atoms with Crippen molar-refractivity contribution in [2.75, 3.05) is 6.54 Å². The lowest BCUT2D eigenvalue weighted by atomic mass is 9.32. The van der Waals surface area contributed by atoms with Crippen molar-refractivity contribution in [3.05, 3.63) is 12.2 Å². The third-order valence-corrected chi connectivity index (χ3v) is 16.1. The van der Waals surface area contributed by atoms with Crippen molar-refractivity contribution in [1.29, 1.82) is 0 Å². The van der Waals surface area contributed by atoms with Gasteiger partial charge in [0.25, 0.3) is 0 Å². The molecule has 0 heterocycles. The summed E-state index contributed by atoms with van der Waals surface area (Å²) in [6.45, 7) is 20.1. The maximum Gasteiger partial charge on any atom is 0.303 e. The topological polar surface area (TPSA) is 86.6 Å². The number of carbonyl (C=O) groups is 2. The van der Waals surface area contributed by atoms with Gasteiger partial charge in [0.05, 0.1) is 11.5 Å². The molecule has 5 saturated carbocycles. The number of nitrogens with one attached hydrogen (secondary N) is 1. The summed E-state index contributed by atoms with van der Waals surface area (Å²) >= 11 is 0. The standard InChI is InChI=1S/C41H69NO4/c1-28(2)29-19-24-41(36(46)42-27-15-13-11-9-8-10-12-14-16-34(44)45)26-25-39(6)30(35(29)41)17-18-32-38(5)22-21-33(43)37(3,4)31(38)20-23-40(32,39)7/h29-33,35,43H,1,8-27H2,2-7H3,(H,42,46)(H,44,45)/t29-,30+,31-,32?,33+,35+,38-,39+,40+,41-/m0/s1. The van der Waals surface area contributed by atoms with Crippen LogP contribution in [0, 0.1) is 56.7 Å². The number of unbranched alkanes of at least 4 members (excludes halogenated alkanes) is 7. The summed E-state index contributed by atoms with van der Waals surface area (Å²) in [5, 5.41) is 23.3. The summed E-state index contributed by atoms with van der Waals surface area (Å²) in [4.78, 5) is 25.0. The minimum atomic E-state index is -0.688. The number of aliphatic carboxylic acids is 1. The number of amides is 1. The van der Waals surface area contributed by atoms with E-state index in [2.05, 4.69) is 53.4 Å². The molecule has 0 aromatic rings. The van der Waals surface area contributed by atoms with Gasteiger partial charge in [-0.15, -0.1) is 0 Å². The zero-order valence-corrected chi connectivity index (χ0v) is 30.5. The summed E-state index contributed by atoms with van der Waals surface area (Å²) in [6, 6.07) is 0. The number of carbonyl (C=O) groups excluding carboxylic acids is 1. The van der Waals surface area contributed by atoms with Crippen molar-refractivity contribution in [2.45, 2.75) is 170 Å². The van der Waals surface area contributed by atoms with Crippen LogP contribution in [0.25, 0.3) is 0 Å². The highest BCUT2D eigenvalue weighted by Crippen LogP contribution is 2.77. The van der Waals surface area contributed by atoms with Gasteiger partial charge in [-0.3, -0.25) is 9.59 Å². The second kappa shape index (κ2) is 13.5. The molecule has 5 fully saturated rings. The molecule has 0 bridgehead atoms. The van der Waals surface area contributed by atoms with Crippen LogP contribution >= 0.6 is 0 Å². The highest BCUT2D eigenvalue weighted by atomic mass is 16.4. The monoisotopic (exact) mass is 640 g/mol. The fourth-order valence-corrected chi connectivity index (χ4v) is 13.4. The number of allylic oxidation sites excluding steroid dienone is 1. The van der Waals surface area contributed by atoms with Crippen molar-refractivity contribution >= 4 is 11.9 Å². The number of carboxylic acids is 1. The Morgan fingerprint density at radius 2 is 1.39 bits per heavy atom. The van der Waals surface area contributed by atoms with Gasteiger partial charge in [-0.05, 0) is 135 Å². The minimum Gasteiger partial charge on any atom is -0.481 e. The molecule has 0 spiro atoms. The first-order valence-corrected chi connectivity index (χ1v) is 19.5. The highest BCUT2D eigenvalue weighted by Gasteiger charge is 2.71. The summed E-state index contributed by atoms with van der Waals surface area (Å²) in [5.74, 6) is 2.32. The first kappa shape index (κ1) is 35.9. The molecule has 262 valence electrons. The SMILES string of the molecule is C=C(C)[C@@H]1CC[C@]2(C(=O)NCCCCCCCCCCC(=O)O)CC[C@]3(C)[C@H](CCC4[C@@]5(C)CC[C@@H](O)C(C)(C)[C@@H]5CC[C@]43C)[C@@H]12. The van der Waals surface area contributed by atoms with E-state index in [0.29, 0.717) is 41.9 Å². The summed E-state index contributed by atoms with van der Waals surface area (Å²) in [5.41, 5.74) is 1.79. The molecule has 0 aliphatic heterocycles. The Morgan fingerprint density at radius 3 is 2.04 bits per heavy atom. The van der Waals surface area contributed by atoms with E-state index in [9.17, 15) is 14.7 Å². The Balaban J connectivity index is 1.24. The maximum absolute atomic E-state index is 14.3. The lowest BCUT2D eigenvalue weighted by Gasteiger charge is -2.72. The molecular formula is C41H69NO4. The largest absolute Gasteiger partial charge is 0.481 e. The zero-order chi connectivity index (χ0) is 33.5. The maximum atomic E-state index is 14.3. The van der Waals surface area contributed by atoms with E-state index in [0.717, 1.165) is 77.2 Å². The molecule has 5 rings (SSSR count). The average molecular weight is 640 g/mol. The molecule has 1 unspecified atom stereocenters. The van der Waals surface area contributed by atoms with E-state index in [1.54, 1.807) is 0 Å². The van der Waals surface area contributed by atoms with Crippen molar-refractivity contribution in [2.24, 2.45) is 56.7 Å². The van der Waals surface area contributed by atoms with Crippen LogP contribution in [0.1, 0.15) is 164 Å². The van der Waals surface area contributed by atoms with E-state index in [1.807, 2.05) is 0 Å². The molecule has 1 amide bonds. The number of aliphatic hydroxyl groups excluding tert-OH is 1. The van der Waals surface area contributed by atoms with Crippen molar-refractivity contribution in [3.8, 4) is 0 Å². The average Bonchev–Trinajstić information content (AvgIpc) is 3.39. The molecule has 0 aromatic heterocycles. The number of fused-ring (bicyclic) bond motifs is 7. The summed E-state index contributed by atoms with van der Waals surface area (Å²) < 4.78 is 0. The van der Waals surface area contributed by atoms with Gasteiger partial charge in [-0.25, -0.2) is 0 Å². The highest BCUT2D eigenvalue weighted by molar-refractivity contribution is 5.83. The van der Waals surface area contributed by atoms with Crippen molar-refractivity contribution in [3.63, 3.8) is 0 Å². The van der Waals surface area contributed by atoms with Crippen LogP contribution < -0.4 is 5.32 Å². The number of rotatable bonds is 13. The molecule has 0 saturated heterocycles. The third kappa shape index (κ3) is 5.93. The van der Waals surface area contributed by atoms with Crippen LogP contribution in [-0.2, 0) is 9.59 Å². The van der Waals surface area contributed by atoms with Crippen LogP contribution in [0.5, 0.6) is 0 Å². The van der Waals surface area contributed by atoms with Gasteiger partial charge in [0.15, 0.2) is 0 Å². The smallest absolute Gasteiger partial charge is 0.303 e. The Labute approximate surface area is 281 Å². The normalized spacial score (nSPS) is 42.7. The zero-order valence-electron chi connectivity index (χ0n) is 30.5. The second-order valence-electron chi connectivity index (χ2n) is 18.4. The molecular weight excluding hydrogens is 570 g/mol. The lowest BCUT2D eigenvalue weighted by Crippen LogP contribution is -2.67. The van der Waals surface area contributed by atoms with E-state index in [4.69, 9.17) is 5.11 Å². The fourth-order valence-electron chi connectivity index (χ4n) is 13.4. The minimum absolute atomic E-state index is 0.0221. The summed E-state index contributed by atoms with van der Waals surface area (Å²) in [7, 11) is 0. The molecule has 5 aliphatic carbocycles. The van der Waals surface area contributed by atoms with E-state index in [-0.39, 0.29) is 33.2 Å². The van der Waals surface area contributed by atoms with E-state index >= 15 is 0 Å². The number of aliphatic hydroxyl groups is 1. The molecule has 0 aromatic carbocycles. The third-order valence-electron chi connectivity index (χ3n) is 16.1. The van der Waals surface area contributed by atoms with Crippen molar-refractivity contribution < 1.29 is 19.8 Å². The number of hydrogen-bond acceptors (Lipinski definition) is 3. The van der Waals surface area contributed by atoms with Crippen LogP contribution in [0.2, 0.25) is 0 Å². The second-order valence-corrected chi connectivity index (χ2v) is 18.4. The van der Waals surface area contributed by atoms with Crippen molar-refractivity contribution in [1.82, 2.24) is 5.32 Å². The van der Waals surface area contributed by atoms with Gasteiger partial charge in [0.1, 0.15) is 0 Å². The quantitative estimate of drug-likeness (QED) is 0.138. The van der Waals surface area contributed by atoms with Crippen LogP contribution in [0.4, 0.5) is 0 Å². The van der Waals surface area contributed by atoms with Gasteiger partial charge in [0, 0.05) is 13.0 Å². The van der Waals surface area contributed by atoms with Gasteiger partial charge in [-0.1, -0.05) is 85.3 Å². The molecule has 10 atom stereocenters. The van der Waals surface area contributed by atoms with Gasteiger partial charge < -0.3 is 15.5 Å². The predicted octanol–water partition coefficient (Wildman–Crippen LogP) is 9.72. The van der Waals surface area contributed by atoms with Crippen LogP contribution in [0.15, 0.2) is 12.2 Å². The molecule has 5 nitrogen and oxygen atoms in total. The Hall–Kier alpha value is -1.36. The molecule has 46 heavy (non-hydrogen) atoms. The first-order chi connectivity index (χ1) is 21.6. The number of hydrogen-bond donors (Lipinski definition) is 3. The van der Waals surface area contributed by atoms with Crippen LogP contribution in [-0.4, -0.2) is 34.7 Å². The first-order valence-electron chi connectivity index (χ1n) is 19.5. The Bertz CT molecular complexity index is 1130. The van der Waals surface area contributed by atoms with E-state index < -0.39 is 5.97 Å². The number of carboxylic acid groups (broad SMARTS) is 1. The summed E-state index contributed by atoms with van der Waals surface area (Å²) in [6.07, 6.45) is 20.2. The fraction of sp³-hybridized carbons (Fsp3) is 0.902. The lowest BCUT2D eigenvalue weighted by molar-refractivity contribution is -0.246. The Morgan fingerprint density at radius 1 is 0.739 bits per heavy atom. The van der Waals surface area contributed by atoms with Gasteiger partial charge >= 0.3 is 5.97 Å². The molecule has 0 radical (unpaired) electrons. The van der Waals surface area contributed by atoms with Crippen LogP contribution in [0.3, 0.4) is 0 Å². The van der Waals surface area contributed by atoms with E-state index in [1.165, 1.54) is 50.5 Å². The molecule has 3 N–H and O–H groups in total. The predicted molar refractivity (Wildman–Crippen MR) is 187 cm³/mol. The molecule has 5 heteroatoms. The molecule has 5 aliphatic rings. The van der Waals surface area contributed by atoms with Gasteiger partial charge in [-0.2, -0.15) is 0 Å². The van der Waals surface area contributed by atoms with Gasteiger partial charge in [0.2, 0.25) is 5.91 Å².